The van der Waals surface area contributed by atoms with Crippen molar-refractivity contribution in [3.8, 4) is 0 Å². The largest absolute Gasteiger partial charge is 0.479 e. The lowest BCUT2D eigenvalue weighted by Crippen LogP contribution is -2.49. The maximum absolute atomic E-state index is 13.5. The van der Waals surface area contributed by atoms with Crippen LogP contribution in [0.1, 0.15) is 144 Å². The lowest BCUT2D eigenvalue weighted by atomic mass is 10.1. The molecule has 0 radical (unpaired) electrons. The van der Waals surface area contributed by atoms with Crippen LogP contribution in [0.2, 0.25) is 0 Å². The summed E-state index contributed by atoms with van der Waals surface area (Å²) in [6, 6.07) is 2.34. The number of ether oxygens (including phenoxy) is 8. The minimum absolute atomic E-state index is 0.0406. The summed E-state index contributed by atoms with van der Waals surface area (Å²) in [6.07, 6.45) is -4.34. The van der Waals surface area contributed by atoms with E-state index in [2.05, 4.69) is 20.1 Å². The number of primary sulfonamides is 1. The maximum Gasteiger partial charge on any atom is 0.344 e. The number of rotatable bonds is 35. The minimum Gasteiger partial charge on any atom is -0.479 e. The summed E-state index contributed by atoms with van der Waals surface area (Å²) in [5.74, 6) is -9.69. The fraction of sp³-hybridized carbons (Fsp3) is 0.651. The van der Waals surface area contributed by atoms with Crippen molar-refractivity contribution in [2.24, 2.45) is 5.14 Å². The number of sulfone groups is 2. The van der Waals surface area contributed by atoms with Gasteiger partial charge in [0.15, 0.2) is 61.8 Å². The Labute approximate surface area is 658 Å². The Bertz CT molecular complexity index is 4430. The van der Waals surface area contributed by atoms with Crippen LogP contribution in [0.5, 0.6) is 0 Å². The molecule has 6 heterocycles. The molecule has 0 aliphatic carbocycles. The Kier molecular flexibility index (Phi) is 40.8. The summed E-state index contributed by atoms with van der Waals surface area (Å²) in [4.78, 5) is 113. The summed E-state index contributed by atoms with van der Waals surface area (Å²) in [5.41, 5.74) is 0.949. The molecule has 3 aliphatic rings. The third-order valence-corrected chi connectivity index (χ3v) is 31.9. The molecule has 39 nitrogen and oxygen atoms in total. The highest BCUT2D eigenvalue weighted by atomic mass is 32.3. The van der Waals surface area contributed by atoms with E-state index in [0.29, 0.717) is 97.2 Å². The van der Waals surface area contributed by atoms with Crippen LogP contribution in [0.4, 0.5) is 0 Å². The molecule has 0 saturated heterocycles. The molecule has 48 heteroatoms. The number of ketones is 2. The van der Waals surface area contributed by atoms with Crippen molar-refractivity contribution in [1.29, 1.82) is 0 Å². The van der Waals surface area contributed by atoms with Gasteiger partial charge in [0.1, 0.15) is 36.8 Å². The highest BCUT2D eigenvalue weighted by Crippen LogP contribution is 2.45. The van der Waals surface area contributed by atoms with Crippen LogP contribution in [0.3, 0.4) is 0 Å². The number of sulfonamides is 4. The highest BCUT2D eigenvalue weighted by molar-refractivity contribution is 7.96. The van der Waals surface area contributed by atoms with Crippen molar-refractivity contribution < 1.29 is 147 Å². The second kappa shape index (κ2) is 45.0. The van der Waals surface area contributed by atoms with Gasteiger partial charge in [0.2, 0.25) is 10.0 Å². The number of thiophene rings is 3. The first-order valence-corrected chi connectivity index (χ1v) is 45.4. The number of carboxylic acids is 2. The number of fused-ring (bicyclic) bond motifs is 3. The van der Waals surface area contributed by atoms with Gasteiger partial charge in [-0.25, -0.2) is 65.2 Å². The van der Waals surface area contributed by atoms with Gasteiger partial charge in [-0.15, -0.1) is 34.0 Å². The fourth-order valence-electron chi connectivity index (χ4n) is 10.3. The molecule has 0 saturated carbocycles. The van der Waals surface area contributed by atoms with Crippen molar-refractivity contribution in [2.45, 2.75) is 183 Å². The SMILES string of the molecule is CC(=O)O[C@@H](C)C(=O)O.CC(=O)O[C@@H](C)C(=O)O.CCN(C(=O)[C@H](C)OC(C)=O)[C@H]1CN(CCCOC)S(=O)(=O)c2sc(S(=O)(=O)CC(=O)[C@H](C)OC(C)=O)cc21.CCN[C@H]1CN(CCCOC)S(=O)(=O)c2sc(S(=O)(=O)CC(=O)[C@H](C)OC(C)=O)cc21.CCN[C@H]1CN(CCCOC)S(=O)(=O)c2sc(S(N)(=O)=O)cc21. The number of carbonyl (C=O) groups is 10. The van der Waals surface area contributed by atoms with Crippen LogP contribution in [-0.2, 0) is 146 Å². The zero-order valence-electron chi connectivity index (χ0n) is 64.1. The smallest absolute Gasteiger partial charge is 0.344 e. The van der Waals surface area contributed by atoms with E-state index in [1.165, 1.54) is 94.4 Å². The number of Topliss-reactive ketones (excluding diaryl/α,β-unsaturated/α-hetero) is 2. The lowest BCUT2D eigenvalue weighted by molar-refractivity contribution is -0.161. The topological polar surface area (TPSA) is 553 Å². The highest BCUT2D eigenvalue weighted by Gasteiger charge is 2.46. The number of carboxylic acid groups (broad SMARTS) is 2. The first kappa shape index (κ1) is 101. The minimum atomic E-state index is -4.33. The number of esters is 5. The van der Waals surface area contributed by atoms with E-state index in [-0.39, 0.29) is 88.8 Å². The zero-order valence-corrected chi connectivity index (χ0v) is 71.4. The average molecular weight is 1760 g/mol. The molecule has 8 atom stereocenters. The zero-order chi connectivity index (χ0) is 85.2. The number of hydrogen-bond donors (Lipinski definition) is 5. The van der Waals surface area contributed by atoms with Crippen LogP contribution in [-0.4, -0.2) is 280 Å². The Morgan fingerprint density at radius 1 is 0.486 bits per heavy atom. The van der Waals surface area contributed by atoms with E-state index in [9.17, 15) is 98.5 Å². The summed E-state index contributed by atoms with van der Waals surface area (Å²) in [5, 5.41) is 27.8. The predicted molar refractivity (Wildman–Crippen MR) is 399 cm³/mol. The Balaban J connectivity index is 0.000000517. The Hall–Kier alpha value is -6.46. The predicted octanol–water partition coefficient (Wildman–Crippen LogP) is 1.79. The van der Waals surface area contributed by atoms with E-state index in [0.717, 1.165) is 25.1 Å². The van der Waals surface area contributed by atoms with Crippen LogP contribution < -0.4 is 15.8 Å². The molecule has 0 spiro atoms. The van der Waals surface area contributed by atoms with E-state index < -0.39 is 167 Å². The lowest BCUT2D eigenvalue weighted by Gasteiger charge is -2.39. The van der Waals surface area contributed by atoms with Crippen LogP contribution >= 0.6 is 34.0 Å². The summed E-state index contributed by atoms with van der Waals surface area (Å²) in [7, 11) is -19.6. The molecule has 111 heavy (non-hydrogen) atoms. The standard InChI is InChI=1S/C23H34N2O11S3.C18H28N2O8S3.C12H21N3O5S3.2C5H8O4/c1-7-25(22(29)15(3)36-17(5)27)19-12-24(9-8-10-34-6)39(32,33)23-18(19)11-21(37-23)38(30,31)13-20(28)14(2)35-16(4)26;1-5-19-15-10-20(7-6-8-27-4)31(25,26)18-14(15)9-17(29-18)30(23,24)11-16(22)12(2)28-13(3)21;1-3-14-10-8-15(5-4-6-20-2)23(18,19)12-9(10)7-11(21-12)22(13,16)17;2*1-3(5(7)8)9-4(2)6/h11,14-15,19H,7-10,12-13H2,1-6H3;9,12,15,19H,5-8,10-11H2,1-4H3;7,10,14H,3-6,8H2,1-2H3,(H2,13,16,17);2*3H,1-2H3,(H,7,8)/t14-,15-,19-;12-,15-;10-;2*3-/m00000/s1. The molecular formula is C63H99N7O32S9. The van der Waals surface area contributed by atoms with Gasteiger partial charge in [0.25, 0.3) is 36.0 Å². The molecule has 3 aromatic rings. The molecule has 0 unspecified atom stereocenters. The third kappa shape index (κ3) is 30.0. The molecule has 0 fully saturated rings. The fourth-order valence-corrected chi connectivity index (χ4v) is 25.2. The first-order valence-electron chi connectivity index (χ1n) is 33.8. The number of amides is 1. The second-order valence-corrected chi connectivity index (χ2v) is 40.1. The van der Waals surface area contributed by atoms with Crippen LogP contribution in [0.25, 0.3) is 0 Å². The number of nitrogens with two attached hydrogens (primary N) is 1. The molecule has 3 aromatic heterocycles. The van der Waals surface area contributed by atoms with Gasteiger partial charge >= 0.3 is 41.8 Å². The number of likely N-dealkylation sites (N-methyl/N-ethyl adjacent to an activating group) is 3. The van der Waals surface area contributed by atoms with Gasteiger partial charge in [-0.05, 0) is 92.1 Å². The van der Waals surface area contributed by atoms with E-state index in [1.807, 2.05) is 13.8 Å². The van der Waals surface area contributed by atoms with E-state index in [1.54, 1.807) is 14.0 Å². The monoisotopic (exact) mass is 1750 g/mol. The van der Waals surface area contributed by atoms with Gasteiger partial charge < -0.3 is 63.6 Å². The molecule has 0 bridgehead atoms. The Morgan fingerprint density at radius 2 is 0.775 bits per heavy atom. The molecule has 6 rings (SSSR count). The van der Waals surface area contributed by atoms with Crippen molar-refractivity contribution in [1.82, 2.24) is 28.4 Å². The number of aliphatic carboxylic acids is 2. The quantitative estimate of drug-likeness (QED) is 0.0318. The van der Waals surface area contributed by atoms with Gasteiger partial charge in [-0.1, -0.05) is 13.8 Å². The molecular weight excluding hydrogens is 1660 g/mol. The van der Waals surface area contributed by atoms with Gasteiger partial charge in [-0.3, -0.25) is 38.4 Å². The van der Waals surface area contributed by atoms with Gasteiger partial charge in [-0.2, -0.15) is 12.9 Å². The van der Waals surface area contributed by atoms with Crippen LogP contribution in [0, 0.1) is 0 Å². The van der Waals surface area contributed by atoms with Crippen molar-refractivity contribution in [3.05, 3.63) is 34.9 Å². The molecule has 6 N–H and O–H groups in total. The van der Waals surface area contributed by atoms with Gasteiger partial charge in [0, 0.05) is 150 Å². The molecule has 1 amide bonds. The van der Waals surface area contributed by atoms with Crippen molar-refractivity contribution >= 4 is 153 Å². The van der Waals surface area contributed by atoms with E-state index >= 15 is 0 Å². The normalized spacial score (nSPS) is 18.3. The number of nitrogens with one attached hydrogen (secondary N) is 2. The summed E-state index contributed by atoms with van der Waals surface area (Å²) < 4.78 is 195. The van der Waals surface area contributed by atoms with E-state index in [4.69, 9.17) is 43.8 Å². The second-order valence-electron chi connectivity index (χ2n) is 24.3. The number of hydrogen-bond acceptors (Lipinski definition) is 35. The molecule has 3 aliphatic heterocycles. The number of nitrogens with zero attached hydrogens (tertiary/aromatic N) is 4. The van der Waals surface area contributed by atoms with Gasteiger partial charge in [0.05, 0.1) is 6.04 Å². The van der Waals surface area contributed by atoms with Crippen LogP contribution in [0.15, 0.2) is 43.5 Å². The molecule has 0 aromatic carbocycles. The molecule has 632 valence electrons. The van der Waals surface area contributed by atoms with Crippen molar-refractivity contribution in [3.63, 3.8) is 0 Å². The number of carbonyl (C=O) groups excluding carboxylic acids is 8. The number of methoxy groups -OCH3 is 3. The summed E-state index contributed by atoms with van der Waals surface area (Å²) >= 11 is 1.84. The average Bonchev–Trinajstić information content (AvgIpc) is 1.63. The first-order chi connectivity index (χ1) is 51.3. The Morgan fingerprint density at radius 3 is 1.06 bits per heavy atom. The third-order valence-electron chi connectivity index (χ3n) is 15.5. The maximum atomic E-state index is 13.5. The summed E-state index contributed by atoms with van der Waals surface area (Å²) in [6.45, 7) is 21.0. The van der Waals surface area contributed by atoms with Crippen molar-refractivity contribution in [2.75, 3.05) is 112 Å².